The van der Waals surface area contributed by atoms with Crippen LogP contribution in [0.4, 0.5) is 0 Å². The molecule has 1 amide bonds. The highest BCUT2D eigenvalue weighted by Crippen LogP contribution is 2.39. The predicted octanol–water partition coefficient (Wildman–Crippen LogP) is 3.07. The maximum atomic E-state index is 12.7. The average molecular weight is 342 g/mol. The molecule has 2 aromatic rings. The van der Waals surface area contributed by atoms with Crippen LogP contribution >= 0.6 is 0 Å². The Labute approximate surface area is 146 Å². The van der Waals surface area contributed by atoms with Crippen molar-refractivity contribution in [1.82, 2.24) is 10.3 Å². The third kappa shape index (κ3) is 3.04. The fourth-order valence-corrected chi connectivity index (χ4v) is 3.56. The molecular formula is C19H22N2O4. The van der Waals surface area contributed by atoms with Gasteiger partial charge in [-0.15, -0.1) is 0 Å². The van der Waals surface area contributed by atoms with E-state index in [9.17, 15) is 14.7 Å². The van der Waals surface area contributed by atoms with Crippen LogP contribution in [0, 0.1) is 5.41 Å². The minimum atomic E-state index is -1.31. The van der Waals surface area contributed by atoms with E-state index < -0.39 is 23.3 Å². The summed E-state index contributed by atoms with van der Waals surface area (Å²) in [6.45, 7) is 1.82. The fraction of sp³-hybridized carbons (Fsp3) is 0.421. The standard InChI is InChI=1S/C19H22N2O4/c1-12(21-17(22)19(18(23)24)8-3-4-9-19)16-15-11-14(25-2)6-5-13(15)7-10-20-16/h5-7,10-12H,3-4,8-9H2,1-2H3,(H,21,22)(H,23,24). The van der Waals surface area contributed by atoms with E-state index in [1.54, 1.807) is 13.3 Å². The molecule has 132 valence electrons. The molecule has 1 unspecified atom stereocenters. The van der Waals surface area contributed by atoms with Crippen LogP contribution in [0.1, 0.15) is 44.3 Å². The lowest BCUT2D eigenvalue weighted by Crippen LogP contribution is -2.45. The molecule has 1 aromatic carbocycles. The van der Waals surface area contributed by atoms with Crippen molar-refractivity contribution >= 4 is 22.6 Å². The Morgan fingerprint density at radius 1 is 1.28 bits per heavy atom. The van der Waals surface area contributed by atoms with E-state index in [2.05, 4.69) is 10.3 Å². The summed E-state index contributed by atoms with van der Waals surface area (Å²) < 4.78 is 5.27. The van der Waals surface area contributed by atoms with Crippen LogP contribution < -0.4 is 10.1 Å². The van der Waals surface area contributed by atoms with Crippen molar-refractivity contribution < 1.29 is 19.4 Å². The van der Waals surface area contributed by atoms with Gasteiger partial charge in [-0.3, -0.25) is 14.6 Å². The lowest BCUT2D eigenvalue weighted by molar-refractivity contribution is -0.155. The van der Waals surface area contributed by atoms with Crippen LogP contribution in [-0.2, 0) is 9.59 Å². The van der Waals surface area contributed by atoms with Gasteiger partial charge in [0.25, 0.3) is 0 Å². The van der Waals surface area contributed by atoms with Crippen LogP contribution in [0.15, 0.2) is 30.5 Å². The summed E-state index contributed by atoms with van der Waals surface area (Å²) in [6.07, 6.45) is 3.99. The number of fused-ring (bicyclic) bond motifs is 1. The second kappa shape index (κ2) is 6.70. The number of nitrogens with one attached hydrogen (secondary N) is 1. The number of rotatable bonds is 5. The number of ether oxygens (including phenoxy) is 1. The quantitative estimate of drug-likeness (QED) is 0.815. The number of carboxylic acids is 1. The van der Waals surface area contributed by atoms with Crippen molar-refractivity contribution in [3.63, 3.8) is 0 Å². The Kier molecular flexibility index (Phi) is 4.61. The normalized spacial score (nSPS) is 17.2. The number of pyridine rings is 1. The summed E-state index contributed by atoms with van der Waals surface area (Å²) in [5.74, 6) is -0.757. The molecule has 25 heavy (non-hydrogen) atoms. The summed E-state index contributed by atoms with van der Waals surface area (Å²) in [5.41, 5.74) is -0.612. The van der Waals surface area contributed by atoms with Crippen molar-refractivity contribution in [2.75, 3.05) is 7.11 Å². The van der Waals surface area contributed by atoms with Gasteiger partial charge in [-0.05, 0) is 43.4 Å². The minimum Gasteiger partial charge on any atom is -0.497 e. The highest BCUT2D eigenvalue weighted by Gasteiger charge is 2.48. The molecule has 1 aliphatic carbocycles. The summed E-state index contributed by atoms with van der Waals surface area (Å²) in [5, 5.41) is 14.3. The SMILES string of the molecule is COc1ccc2ccnc(C(C)NC(=O)C3(C(=O)O)CCCC3)c2c1. The summed E-state index contributed by atoms with van der Waals surface area (Å²) >= 11 is 0. The van der Waals surface area contributed by atoms with Gasteiger partial charge in [0.15, 0.2) is 0 Å². The number of amides is 1. The number of carbonyl (C=O) groups excluding carboxylic acids is 1. The molecule has 2 N–H and O–H groups in total. The van der Waals surface area contributed by atoms with Gasteiger partial charge in [-0.1, -0.05) is 18.9 Å². The van der Waals surface area contributed by atoms with Gasteiger partial charge in [0.05, 0.1) is 18.8 Å². The number of carboxylic acid groups (broad SMARTS) is 1. The summed E-state index contributed by atoms with van der Waals surface area (Å²) in [7, 11) is 1.60. The van der Waals surface area contributed by atoms with E-state index in [0.717, 1.165) is 23.6 Å². The zero-order chi connectivity index (χ0) is 18.0. The maximum Gasteiger partial charge on any atom is 0.319 e. The van der Waals surface area contributed by atoms with Crippen LogP contribution in [0.25, 0.3) is 10.8 Å². The fourth-order valence-electron chi connectivity index (χ4n) is 3.56. The number of carbonyl (C=O) groups is 2. The number of hydrogen-bond donors (Lipinski definition) is 2. The topological polar surface area (TPSA) is 88.5 Å². The van der Waals surface area contributed by atoms with Crippen LogP contribution in [0.3, 0.4) is 0 Å². The lowest BCUT2D eigenvalue weighted by atomic mass is 9.85. The Hall–Kier alpha value is -2.63. The molecule has 0 radical (unpaired) electrons. The second-order valence-corrected chi connectivity index (χ2v) is 6.57. The van der Waals surface area contributed by atoms with Gasteiger partial charge in [-0.25, -0.2) is 0 Å². The van der Waals surface area contributed by atoms with Crippen molar-refractivity contribution in [3.8, 4) is 5.75 Å². The molecule has 1 fully saturated rings. The highest BCUT2D eigenvalue weighted by atomic mass is 16.5. The molecule has 0 saturated heterocycles. The van der Waals surface area contributed by atoms with Gasteiger partial charge in [0, 0.05) is 11.6 Å². The van der Waals surface area contributed by atoms with E-state index >= 15 is 0 Å². The molecule has 0 aliphatic heterocycles. The number of hydrogen-bond acceptors (Lipinski definition) is 4. The maximum absolute atomic E-state index is 12.7. The predicted molar refractivity (Wildman–Crippen MR) is 93.4 cm³/mol. The van der Waals surface area contributed by atoms with E-state index in [4.69, 9.17) is 4.74 Å². The monoisotopic (exact) mass is 342 g/mol. The lowest BCUT2D eigenvalue weighted by Gasteiger charge is -2.25. The number of nitrogens with zero attached hydrogens (tertiary/aromatic N) is 1. The zero-order valence-corrected chi connectivity index (χ0v) is 14.4. The van der Waals surface area contributed by atoms with Crippen LogP contribution in [0.5, 0.6) is 5.75 Å². The molecule has 6 heteroatoms. The number of aliphatic carboxylic acids is 1. The van der Waals surface area contributed by atoms with Crippen molar-refractivity contribution in [3.05, 3.63) is 36.2 Å². The number of methoxy groups -OCH3 is 1. The molecule has 1 aliphatic rings. The Balaban J connectivity index is 1.91. The van der Waals surface area contributed by atoms with Crippen molar-refractivity contribution in [2.45, 2.75) is 38.6 Å². The van der Waals surface area contributed by atoms with Crippen molar-refractivity contribution in [1.29, 1.82) is 0 Å². The molecular weight excluding hydrogens is 320 g/mol. The van der Waals surface area contributed by atoms with E-state index in [0.29, 0.717) is 24.3 Å². The Morgan fingerprint density at radius 2 is 2.00 bits per heavy atom. The zero-order valence-electron chi connectivity index (χ0n) is 14.4. The molecule has 3 rings (SSSR count). The minimum absolute atomic E-state index is 0.387. The van der Waals surface area contributed by atoms with Gasteiger partial charge >= 0.3 is 5.97 Å². The first-order valence-electron chi connectivity index (χ1n) is 8.45. The molecule has 0 spiro atoms. The van der Waals surface area contributed by atoms with Crippen molar-refractivity contribution in [2.24, 2.45) is 5.41 Å². The molecule has 1 atom stereocenters. The average Bonchev–Trinajstić information content (AvgIpc) is 3.12. The smallest absolute Gasteiger partial charge is 0.319 e. The van der Waals surface area contributed by atoms with E-state index in [1.165, 1.54) is 0 Å². The molecule has 1 saturated carbocycles. The van der Waals surface area contributed by atoms with E-state index in [-0.39, 0.29) is 0 Å². The summed E-state index contributed by atoms with van der Waals surface area (Å²) in [4.78, 5) is 28.8. The first-order valence-corrected chi connectivity index (χ1v) is 8.45. The van der Waals surface area contributed by atoms with E-state index in [1.807, 2.05) is 31.2 Å². The van der Waals surface area contributed by atoms with Gasteiger partial charge < -0.3 is 15.2 Å². The third-order valence-corrected chi connectivity index (χ3v) is 5.06. The highest BCUT2D eigenvalue weighted by molar-refractivity contribution is 6.02. The third-order valence-electron chi connectivity index (χ3n) is 5.06. The van der Waals surface area contributed by atoms with Gasteiger partial charge in [-0.2, -0.15) is 0 Å². The number of aromatic nitrogens is 1. The first-order chi connectivity index (χ1) is 12.0. The molecule has 1 aromatic heterocycles. The molecule has 1 heterocycles. The molecule has 6 nitrogen and oxygen atoms in total. The van der Waals surface area contributed by atoms with Gasteiger partial charge in [0.1, 0.15) is 11.2 Å². The van der Waals surface area contributed by atoms with Crippen LogP contribution in [-0.4, -0.2) is 29.1 Å². The largest absolute Gasteiger partial charge is 0.497 e. The Bertz CT molecular complexity index is 812. The first kappa shape index (κ1) is 17.2. The summed E-state index contributed by atoms with van der Waals surface area (Å²) in [6, 6.07) is 7.17. The Morgan fingerprint density at radius 3 is 2.64 bits per heavy atom. The molecule has 0 bridgehead atoms. The number of benzene rings is 1. The van der Waals surface area contributed by atoms with Gasteiger partial charge in [0.2, 0.25) is 5.91 Å². The second-order valence-electron chi connectivity index (χ2n) is 6.57. The van der Waals surface area contributed by atoms with Crippen LogP contribution in [0.2, 0.25) is 0 Å².